The van der Waals surface area contributed by atoms with Crippen LogP contribution in [0.1, 0.15) is 33.6 Å². The van der Waals surface area contributed by atoms with Crippen LogP contribution in [0.5, 0.6) is 0 Å². The highest BCUT2D eigenvalue weighted by atomic mass is 19.3. The van der Waals surface area contributed by atoms with Crippen molar-refractivity contribution in [3.05, 3.63) is 0 Å². The van der Waals surface area contributed by atoms with Gasteiger partial charge in [-0.25, -0.2) is 8.78 Å². The highest BCUT2D eigenvalue weighted by Crippen LogP contribution is 2.21. The Morgan fingerprint density at radius 3 is 2.38 bits per heavy atom. The third kappa shape index (κ3) is 4.80. The lowest BCUT2D eigenvalue weighted by Gasteiger charge is -2.20. The zero-order chi connectivity index (χ0) is 10.5. The summed E-state index contributed by atoms with van der Waals surface area (Å²) in [4.78, 5) is 11.2. The quantitative estimate of drug-likeness (QED) is 0.629. The highest BCUT2D eigenvalue weighted by Gasteiger charge is 2.26. The van der Waals surface area contributed by atoms with Crippen molar-refractivity contribution in [1.29, 1.82) is 0 Å². The van der Waals surface area contributed by atoms with E-state index < -0.39 is 17.8 Å². The lowest BCUT2D eigenvalue weighted by Crippen LogP contribution is -2.26. The predicted molar refractivity (Wildman–Crippen MR) is 45.7 cm³/mol. The molecule has 0 N–H and O–H groups in total. The van der Waals surface area contributed by atoms with Gasteiger partial charge in [0.05, 0.1) is 12.0 Å². The van der Waals surface area contributed by atoms with Gasteiger partial charge < -0.3 is 4.74 Å². The van der Waals surface area contributed by atoms with Gasteiger partial charge in [0.25, 0.3) is 0 Å². The lowest BCUT2D eigenvalue weighted by atomic mass is 9.91. The first-order chi connectivity index (χ1) is 5.90. The Kier molecular flexibility index (Phi) is 4.88. The molecule has 2 nitrogen and oxygen atoms in total. The summed E-state index contributed by atoms with van der Waals surface area (Å²) in [7, 11) is 0. The molecule has 78 valence electrons. The van der Waals surface area contributed by atoms with Crippen molar-refractivity contribution in [3.8, 4) is 0 Å². The maximum atomic E-state index is 11.7. The molecule has 0 aliphatic carbocycles. The Bertz CT molecular complexity index is 167. The van der Waals surface area contributed by atoms with Gasteiger partial charge in [-0.05, 0) is 20.3 Å². The van der Waals surface area contributed by atoms with Crippen molar-refractivity contribution in [2.24, 2.45) is 5.41 Å². The normalized spacial score (nSPS) is 11.8. The van der Waals surface area contributed by atoms with Crippen LogP contribution in [-0.2, 0) is 9.53 Å². The van der Waals surface area contributed by atoms with Gasteiger partial charge in [0.15, 0.2) is 0 Å². The second-order valence-electron chi connectivity index (χ2n) is 3.55. The molecule has 0 amide bonds. The minimum atomic E-state index is -2.41. The van der Waals surface area contributed by atoms with Gasteiger partial charge in [-0.15, -0.1) is 0 Å². The van der Waals surface area contributed by atoms with E-state index >= 15 is 0 Å². The average molecular weight is 194 g/mol. The lowest BCUT2D eigenvalue weighted by molar-refractivity contribution is -0.154. The third-order valence-electron chi connectivity index (χ3n) is 2.01. The van der Waals surface area contributed by atoms with E-state index in [4.69, 9.17) is 0 Å². The Morgan fingerprint density at radius 2 is 2.00 bits per heavy atom. The summed E-state index contributed by atoms with van der Waals surface area (Å²) in [6.45, 7) is 5.13. The maximum absolute atomic E-state index is 11.7. The molecule has 0 aromatic heterocycles. The first-order valence-electron chi connectivity index (χ1n) is 4.35. The minimum Gasteiger partial charge on any atom is -0.465 e. The van der Waals surface area contributed by atoms with Crippen LogP contribution in [0, 0.1) is 5.41 Å². The molecule has 0 atom stereocenters. The largest absolute Gasteiger partial charge is 0.465 e. The van der Waals surface area contributed by atoms with Gasteiger partial charge in [-0.3, -0.25) is 4.79 Å². The molecule has 0 aliphatic heterocycles. The van der Waals surface area contributed by atoms with Crippen molar-refractivity contribution in [2.75, 3.05) is 6.61 Å². The summed E-state index contributed by atoms with van der Waals surface area (Å²) >= 11 is 0. The van der Waals surface area contributed by atoms with E-state index in [1.807, 2.05) is 6.92 Å². The molecule has 0 heterocycles. The third-order valence-corrected chi connectivity index (χ3v) is 2.01. The fourth-order valence-corrected chi connectivity index (χ4v) is 0.580. The zero-order valence-electron chi connectivity index (χ0n) is 8.27. The zero-order valence-corrected chi connectivity index (χ0v) is 8.27. The van der Waals surface area contributed by atoms with Crippen molar-refractivity contribution >= 4 is 5.97 Å². The number of hydrogen-bond acceptors (Lipinski definition) is 2. The van der Waals surface area contributed by atoms with Crippen molar-refractivity contribution in [2.45, 2.75) is 40.0 Å². The maximum Gasteiger partial charge on any atom is 0.311 e. The predicted octanol–water partition coefficient (Wildman–Crippen LogP) is 2.62. The molecule has 0 aliphatic rings. The number of halogens is 2. The number of hydrogen-bond donors (Lipinski definition) is 0. The molecular formula is C9H16F2O2. The van der Waals surface area contributed by atoms with Crippen LogP contribution in [0.25, 0.3) is 0 Å². The second kappa shape index (κ2) is 5.14. The van der Waals surface area contributed by atoms with Gasteiger partial charge in [0, 0.05) is 6.42 Å². The Balaban J connectivity index is 3.75. The van der Waals surface area contributed by atoms with Crippen LogP contribution in [0.3, 0.4) is 0 Å². The molecule has 0 saturated heterocycles. The van der Waals surface area contributed by atoms with Gasteiger partial charge in [0.1, 0.15) is 0 Å². The molecule has 0 radical (unpaired) electrons. The van der Waals surface area contributed by atoms with Crippen molar-refractivity contribution in [3.63, 3.8) is 0 Å². The van der Waals surface area contributed by atoms with E-state index in [1.54, 1.807) is 13.8 Å². The van der Waals surface area contributed by atoms with Crippen LogP contribution in [-0.4, -0.2) is 19.0 Å². The summed E-state index contributed by atoms with van der Waals surface area (Å²) in [6.07, 6.45) is -2.15. The molecule has 13 heavy (non-hydrogen) atoms. The molecule has 0 unspecified atom stereocenters. The smallest absolute Gasteiger partial charge is 0.311 e. The highest BCUT2D eigenvalue weighted by molar-refractivity contribution is 5.75. The number of ether oxygens (including phenoxy) is 1. The molecular weight excluding hydrogens is 178 g/mol. The van der Waals surface area contributed by atoms with Crippen LogP contribution < -0.4 is 0 Å². The van der Waals surface area contributed by atoms with E-state index in [0.717, 1.165) is 0 Å². The Morgan fingerprint density at radius 1 is 1.46 bits per heavy atom. The molecule has 0 aromatic rings. The Labute approximate surface area is 77.3 Å². The van der Waals surface area contributed by atoms with E-state index in [9.17, 15) is 13.6 Å². The molecule has 0 bridgehead atoms. The summed E-state index contributed by atoms with van der Waals surface area (Å²) in [5, 5.41) is 0. The average Bonchev–Trinajstić information content (AvgIpc) is 2.03. The fourth-order valence-electron chi connectivity index (χ4n) is 0.580. The molecule has 0 fully saturated rings. The van der Waals surface area contributed by atoms with Gasteiger partial charge in [0.2, 0.25) is 6.43 Å². The second-order valence-corrected chi connectivity index (χ2v) is 3.55. The molecule has 4 heteroatoms. The first kappa shape index (κ1) is 12.3. The first-order valence-corrected chi connectivity index (χ1v) is 4.35. The molecule has 0 aromatic carbocycles. The van der Waals surface area contributed by atoms with Crippen LogP contribution >= 0.6 is 0 Å². The molecule has 0 rings (SSSR count). The minimum absolute atomic E-state index is 0.195. The molecule has 0 saturated carbocycles. The number of rotatable bonds is 5. The summed E-state index contributed by atoms with van der Waals surface area (Å²) < 4.78 is 28.0. The van der Waals surface area contributed by atoms with Crippen LogP contribution in [0.4, 0.5) is 8.78 Å². The Hall–Kier alpha value is -0.670. The SMILES string of the molecule is CCC(C)(C)C(=O)OCCC(F)F. The topological polar surface area (TPSA) is 26.3 Å². The van der Waals surface area contributed by atoms with Crippen LogP contribution in [0.15, 0.2) is 0 Å². The summed E-state index contributed by atoms with van der Waals surface area (Å²) in [5.74, 6) is -0.407. The number of esters is 1. The number of carbonyl (C=O) groups excluding carboxylic acids is 1. The van der Waals surface area contributed by atoms with Crippen molar-refractivity contribution in [1.82, 2.24) is 0 Å². The van der Waals surface area contributed by atoms with Gasteiger partial charge >= 0.3 is 5.97 Å². The summed E-state index contributed by atoms with van der Waals surface area (Å²) in [6, 6.07) is 0. The van der Waals surface area contributed by atoms with Gasteiger partial charge in [-0.1, -0.05) is 6.92 Å². The van der Waals surface area contributed by atoms with E-state index in [2.05, 4.69) is 4.74 Å². The summed E-state index contributed by atoms with van der Waals surface area (Å²) in [5.41, 5.74) is -0.567. The molecule has 0 spiro atoms. The monoisotopic (exact) mass is 194 g/mol. The standard InChI is InChI=1S/C9H16F2O2/c1-4-9(2,3)8(12)13-6-5-7(10)11/h7H,4-6H2,1-3H3. The fraction of sp³-hybridized carbons (Fsp3) is 0.889. The van der Waals surface area contributed by atoms with E-state index in [-0.39, 0.29) is 13.0 Å². The van der Waals surface area contributed by atoms with Crippen LogP contribution in [0.2, 0.25) is 0 Å². The number of carbonyl (C=O) groups is 1. The van der Waals surface area contributed by atoms with Crippen molar-refractivity contribution < 1.29 is 18.3 Å². The number of alkyl halides is 2. The van der Waals surface area contributed by atoms with Gasteiger partial charge in [-0.2, -0.15) is 0 Å². The van der Waals surface area contributed by atoms with E-state index in [0.29, 0.717) is 6.42 Å². The van der Waals surface area contributed by atoms with E-state index in [1.165, 1.54) is 0 Å².